The minimum atomic E-state index is -4.33. The zero-order chi connectivity index (χ0) is 11.8. The number of hydrogen-bond donors (Lipinski definition) is 2. The Bertz CT molecular complexity index is 523. The van der Waals surface area contributed by atoms with Gasteiger partial charge < -0.3 is 5.32 Å². The Hall–Kier alpha value is -1.40. The van der Waals surface area contributed by atoms with E-state index in [0.29, 0.717) is 12.1 Å². The lowest BCUT2D eigenvalue weighted by molar-refractivity contribution is -0.115. The molecule has 0 saturated heterocycles. The molecule has 0 unspecified atom stereocenters. The highest BCUT2D eigenvalue weighted by Gasteiger charge is 2.33. The van der Waals surface area contributed by atoms with Crippen LogP contribution in [0.4, 0.5) is 5.69 Å². The van der Waals surface area contributed by atoms with Gasteiger partial charge in [0, 0.05) is 5.69 Å². The molecule has 1 aliphatic rings. The van der Waals surface area contributed by atoms with Gasteiger partial charge in [-0.15, -0.1) is 0 Å². The van der Waals surface area contributed by atoms with Gasteiger partial charge in [0.05, 0.1) is 0 Å². The quantitative estimate of drug-likeness (QED) is 0.713. The SMILES string of the molecule is O=C1Nc2ccccc2CC[C@H]1S(=O)(=O)O. The van der Waals surface area contributed by atoms with Crippen molar-refractivity contribution in [2.45, 2.75) is 18.1 Å². The number of anilines is 1. The first-order valence-corrected chi connectivity index (χ1v) is 6.34. The molecule has 0 aromatic heterocycles. The summed E-state index contributed by atoms with van der Waals surface area (Å²) in [5, 5.41) is 1.13. The van der Waals surface area contributed by atoms with Crippen LogP contribution >= 0.6 is 0 Å². The number of para-hydroxylation sites is 1. The lowest BCUT2D eigenvalue weighted by Gasteiger charge is -2.08. The van der Waals surface area contributed by atoms with E-state index in [-0.39, 0.29) is 6.42 Å². The van der Waals surface area contributed by atoms with Crippen LogP contribution in [0.1, 0.15) is 12.0 Å². The third kappa shape index (κ3) is 2.07. The molecule has 0 radical (unpaired) electrons. The third-order valence-electron chi connectivity index (χ3n) is 2.60. The minimum Gasteiger partial charge on any atom is -0.325 e. The number of fused-ring (bicyclic) bond motifs is 1. The molecule has 86 valence electrons. The van der Waals surface area contributed by atoms with Crippen LogP contribution in [-0.2, 0) is 21.3 Å². The summed E-state index contributed by atoms with van der Waals surface area (Å²) in [5.41, 5.74) is 1.49. The second kappa shape index (κ2) is 3.88. The highest BCUT2D eigenvalue weighted by atomic mass is 32.2. The van der Waals surface area contributed by atoms with Gasteiger partial charge in [-0.25, -0.2) is 0 Å². The number of carbonyl (C=O) groups is 1. The normalized spacial score (nSPS) is 20.8. The summed E-state index contributed by atoms with van der Waals surface area (Å²) in [7, 11) is -4.33. The van der Waals surface area contributed by atoms with Gasteiger partial charge >= 0.3 is 0 Å². The zero-order valence-electron chi connectivity index (χ0n) is 8.38. The van der Waals surface area contributed by atoms with Crippen molar-refractivity contribution in [3.05, 3.63) is 29.8 Å². The van der Waals surface area contributed by atoms with Gasteiger partial charge in [-0.2, -0.15) is 8.42 Å². The average molecular weight is 241 g/mol. The Balaban J connectivity index is 2.36. The second-order valence-electron chi connectivity index (χ2n) is 3.69. The Morgan fingerprint density at radius 1 is 1.31 bits per heavy atom. The summed E-state index contributed by atoms with van der Waals surface area (Å²) < 4.78 is 30.9. The van der Waals surface area contributed by atoms with E-state index in [0.717, 1.165) is 5.56 Å². The lowest BCUT2D eigenvalue weighted by atomic mass is 10.1. The maximum absolute atomic E-state index is 11.6. The molecule has 2 N–H and O–H groups in total. The first kappa shape index (κ1) is 11.1. The Morgan fingerprint density at radius 3 is 2.69 bits per heavy atom. The van der Waals surface area contributed by atoms with Crippen molar-refractivity contribution < 1.29 is 17.8 Å². The number of nitrogens with one attached hydrogen (secondary N) is 1. The first-order chi connectivity index (χ1) is 7.48. The van der Waals surface area contributed by atoms with Crippen molar-refractivity contribution in [1.82, 2.24) is 0 Å². The summed E-state index contributed by atoms with van der Waals surface area (Å²) in [5.74, 6) is -0.674. The van der Waals surface area contributed by atoms with Crippen LogP contribution in [0.25, 0.3) is 0 Å². The van der Waals surface area contributed by atoms with Crippen molar-refractivity contribution >= 4 is 21.7 Å². The van der Waals surface area contributed by atoms with E-state index in [1.807, 2.05) is 12.1 Å². The number of rotatable bonds is 1. The van der Waals surface area contributed by atoms with Crippen molar-refractivity contribution in [2.75, 3.05) is 5.32 Å². The Labute approximate surface area is 93.2 Å². The van der Waals surface area contributed by atoms with Crippen LogP contribution < -0.4 is 5.32 Å². The molecule has 6 heteroatoms. The largest absolute Gasteiger partial charge is 0.325 e. The maximum Gasteiger partial charge on any atom is 0.276 e. The predicted molar refractivity (Wildman–Crippen MR) is 58.7 cm³/mol. The Morgan fingerprint density at radius 2 is 2.00 bits per heavy atom. The van der Waals surface area contributed by atoms with Gasteiger partial charge in [-0.05, 0) is 24.5 Å². The van der Waals surface area contributed by atoms with E-state index >= 15 is 0 Å². The van der Waals surface area contributed by atoms with E-state index in [2.05, 4.69) is 5.32 Å². The third-order valence-corrected chi connectivity index (χ3v) is 3.77. The molecule has 1 atom stereocenters. The van der Waals surface area contributed by atoms with Crippen molar-refractivity contribution in [3.8, 4) is 0 Å². The molecule has 1 aromatic carbocycles. The summed E-state index contributed by atoms with van der Waals surface area (Å²) in [6.07, 6.45) is 0.543. The van der Waals surface area contributed by atoms with Gasteiger partial charge in [0.1, 0.15) is 0 Å². The average Bonchev–Trinajstić information content (AvgIpc) is 2.34. The molecule has 16 heavy (non-hydrogen) atoms. The van der Waals surface area contributed by atoms with Gasteiger partial charge in [0.25, 0.3) is 10.1 Å². The van der Waals surface area contributed by atoms with Gasteiger partial charge in [0.15, 0.2) is 5.25 Å². The fourth-order valence-corrected chi connectivity index (χ4v) is 2.52. The van der Waals surface area contributed by atoms with E-state index in [4.69, 9.17) is 4.55 Å². The number of hydrogen-bond acceptors (Lipinski definition) is 3. The number of aryl methyl sites for hydroxylation is 1. The van der Waals surface area contributed by atoms with E-state index in [9.17, 15) is 13.2 Å². The van der Waals surface area contributed by atoms with Crippen LogP contribution in [0.15, 0.2) is 24.3 Å². The highest BCUT2D eigenvalue weighted by Crippen LogP contribution is 2.23. The second-order valence-corrected chi connectivity index (χ2v) is 5.29. The molecule has 1 aromatic rings. The fraction of sp³-hybridized carbons (Fsp3) is 0.300. The van der Waals surface area contributed by atoms with E-state index < -0.39 is 21.3 Å². The molecule has 0 bridgehead atoms. The molecule has 0 saturated carbocycles. The molecule has 0 spiro atoms. The summed E-state index contributed by atoms with van der Waals surface area (Å²) in [6.45, 7) is 0. The molecule has 1 heterocycles. The summed E-state index contributed by atoms with van der Waals surface area (Å²) in [6, 6.07) is 7.10. The highest BCUT2D eigenvalue weighted by molar-refractivity contribution is 7.87. The van der Waals surface area contributed by atoms with Crippen molar-refractivity contribution in [2.24, 2.45) is 0 Å². The van der Waals surface area contributed by atoms with Gasteiger partial charge in [-0.1, -0.05) is 18.2 Å². The summed E-state index contributed by atoms with van der Waals surface area (Å²) >= 11 is 0. The number of benzene rings is 1. The van der Waals surface area contributed by atoms with Crippen LogP contribution in [-0.4, -0.2) is 24.1 Å². The minimum absolute atomic E-state index is 0.0989. The van der Waals surface area contributed by atoms with Crippen LogP contribution in [0.3, 0.4) is 0 Å². The standard InChI is InChI=1S/C10H11NO4S/c12-10-9(16(13,14)15)6-5-7-3-1-2-4-8(7)11-10/h1-4,9H,5-6H2,(H,11,12)(H,13,14,15)/t9-/m1/s1. The van der Waals surface area contributed by atoms with Crippen LogP contribution in [0.2, 0.25) is 0 Å². The van der Waals surface area contributed by atoms with Gasteiger partial charge in [0.2, 0.25) is 5.91 Å². The smallest absolute Gasteiger partial charge is 0.276 e. The zero-order valence-corrected chi connectivity index (χ0v) is 9.20. The molecule has 5 nitrogen and oxygen atoms in total. The monoisotopic (exact) mass is 241 g/mol. The molecule has 1 aliphatic heterocycles. The fourth-order valence-electron chi connectivity index (χ4n) is 1.78. The lowest BCUT2D eigenvalue weighted by Crippen LogP contribution is -2.33. The van der Waals surface area contributed by atoms with Crippen LogP contribution in [0.5, 0.6) is 0 Å². The number of amides is 1. The van der Waals surface area contributed by atoms with Crippen molar-refractivity contribution in [3.63, 3.8) is 0 Å². The first-order valence-electron chi connectivity index (χ1n) is 4.83. The van der Waals surface area contributed by atoms with Crippen molar-refractivity contribution in [1.29, 1.82) is 0 Å². The molecular formula is C10H11NO4S. The predicted octanol–water partition coefficient (Wildman–Crippen LogP) is 0.828. The van der Waals surface area contributed by atoms with Gasteiger partial charge in [-0.3, -0.25) is 9.35 Å². The molecule has 1 amide bonds. The molecule has 0 fully saturated rings. The topological polar surface area (TPSA) is 83.5 Å². The molecule has 0 aliphatic carbocycles. The van der Waals surface area contributed by atoms with E-state index in [1.165, 1.54) is 0 Å². The maximum atomic E-state index is 11.6. The summed E-state index contributed by atoms with van der Waals surface area (Å²) in [4.78, 5) is 11.6. The van der Waals surface area contributed by atoms with Crippen LogP contribution in [0, 0.1) is 0 Å². The van der Waals surface area contributed by atoms with E-state index in [1.54, 1.807) is 12.1 Å². The number of carbonyl (C=O) groups excluding carboxylic acids is 1. The Kier molecular flexibility index (Phi) is 2.69. The molecular weight excluding hydrogens is 230 g/mol. The molecule has 2 rings (SSSR count).